The number of rotatable bonds is 4. The molecular weight excluding hydrogens is 408 g/mol. The molecule has 6 nitrogen and oxygen atoms in total. The van der Waals surface area contributed by atoms with Gasteiger partial charge >= 0.3 is 0 Å². The van der Waals surface area contributed by atoms with E-state index in [1.54, 1.807) is 11.3 Å². The molecule has 4 heterocycles. The Morgan fingerprint density at radius 2 is 1.94 bits per heavy atom. The van der Waals surface area contributed by atoms with Gasteiger partial charge in [-0.2, -0.15) is 0 Å². The van der Waals surface area contributed by atoms with Crippen molar-refractivity contribution in [2.24, 2.45) is 0 Å². The second-order valence-corrected chi connectivity index (χ2v) is 10.9. The molecule has 0 radical (unpaired) electrons. The van der Waals surface area contributed by atoms with Crippen LogP contribution in [-0.2, 0) is 4.79 Å². The first-order valence-electron chi connectivity index (χ1n) is 11.8. The molecule has 2 fully saturated rings. The van der Waals surface area contributed by atoms with Crippen LogP contribution in [0.3, 0.4) is 0 Å². The summed E-state index contributed by atoms with van der Waals surface area (Å²) in [5.41, 5.74) is 1.15. The van der Waals surface area contributed by atoms with Crippen LogP contribution in [0, 0.1) is 13.8 Å². The molecule has 2 saturated heterocycles. The van der Waals surface area contributed by atoms with Crippen LogP contribution in [0.25, 0.3) is 10.2 Å². The zero-order chi connectivity index (χ0) is 22.3. The van der Waals surface area contributed by atoms with Crippen molar-refractivity contribution in [3.8, 4) is 0 Å². The fourth-order valence-electron chi connectivity index (χ4n) is 5.22. The predicted molar refractivity (Wildman–Crippen MR) is 127 cm³/mol. The van der Waals surface area contributed by atoms with Gasteiger partial charge in [0.2, 0.25) is 5.91 Å². The molecule has 2 aliphatic rings. The Bertz CT molecular complexity index is 1020. The highest BCUT2D eigenvalue weighted by molar-refractivity contribution is 7.18. The van der Waals surface area contributed by atoms with Crippen molar-refractivity contribution >= 4 is 27.5 Å². The highest BCUT2D eigenvalue weighted by Gasteiger charge is 2.30. The first-order chi connectivity index (χ1) is 14.8. The van der Waals surface area contributed by atoms with E-state index in [9.17, 15) is 9.59 Å². The Kier molecular flexibility index (Phi) is 6.54. The van der Waals surface area contributed by atoms with E-state index in [-0.39, 0.29) is 23.4 Å². The molecule has 0 saturated carbocycles. The van der Waals surface area contributed by atoms with Gasteiger partial charge in [-0.15, -0.1) is 11.3 Å². The molecular formula is C24H36N4O2S. The van der Waals surface area contributed by atoms with Crippen LogP contribution in [0.15, 0.2) is 4.79 Å². The standard InChI is InChI=1S/C24H36N4O2S/c1-15(2)22-25-23-21(17(4)18(5)31-23)24(30)28(22)19-10-8-11-26(13-19)14-20(29)27-12-7-6-9-16(27)3/h15-16,19H,6-14H2,1-5H3/t16-,19-/m0/s1. The molecule has 0 N–H and O–H groups in total. The summed E-state index contributed by atoms with van der Waals surface area (Å²) in [6.45, 7) is 13.5. The molecule has 2 aromatic rings. The highest BCUT2D eigenvalue weighted by atomic mass is 32.1. The van der Waals surface area contributed by atoms with Crippen molar-refractivity contribution in [1.29, 1.82) is 0 Å². The minimum Gasteiger partial charge on any atom is -0.339 e. The van der Waals surface area contributed by atoms with Crippen LogP contribution in [-0.4, -0.2) is 57.5 Å². The van der Waals surface area contributed by atoms with Gasteiger partial charge in [-0.05, 0) is 65.0 Å². The van der Waals surface area contributed by atoms with E-state index < -0.39 is 0 Å². The molecule has 0 spiro atoms. The SMILES string of the molecule is Cc1sc2nc(C(C)C)n([C@H]3CCCN(CC(=O)N4CCCC[C@@H]4C)C3)c(=O)c2c1C. The van der Waals surface area contributed by atoms with Crippen molar-refractivity contribution < 1.29 is 4.79 Å². The summed E-state index contributed by atoms with van der Waals surface area (Å²) in [6, 6.07) is 0.412. The van der Waals surface area contributed by atoms with Gasteiger partial charge in [-0.1, -0.05) is 13.8 Å². The molecule has 0 unspecified atom stereocenters. The number of carbonyl (C=O) groups excluding carboxylic acids is 1. The van der Waals surface area contributed by atoms with Crippen LogP contribution in [0.4, 0.5) is 0 Å². The largest absolute Gasteiger partial charge is 0.339 e. The number of piperidine rings is 2. The van der Waals surface area contributed by atoms with Gasteiger partial charge in [0.1, 0.15) is 10.7 Å². The van der Waals surface area contributed by atoms with Crippen molar-refractivity contribution in [3.63, 3.8) is 0 Å². The molecule has 4 rings (SSSR count). The average molecular weight is 445 g/mol. The number of thiophene rings is 1. The lowest BCUT2D eigenvalue weighted by molar-refractivity contribution is -0.136. The van der Waals surface area contributed by atoms with Crippen LogP contribution in [0.2, 0.25) is 0 Å². The summed E-state index contributed by atoms with van der Waals surface area (Å²) in [6.07, 6.45) is 5.38. The van der Waals surface area contributed by atoms with Crippen LogP contribution >= 0.6 is 11.3 Å². The first-order valence-corrected chi connectivity index (χ1v) is 12.6. The Labute approximate surface area is 189 Å². The van der Waals surface area contributed by atoms with E-state index in [2.05, 4.69) is 37.5 Å². The molecule has 0 aromatic carbocycles. The van der Waals surface area contributed by atoms with Gasteiger partial charge in [0.25, 0.3) is 5.56 Å². The van der Waals surface area contributed by atoms with Gasteiger partial charge in [0.05, 0.1) is 18.0 Å². The molecule has 1 amide bonds. The molecule has 0 aliphatic carbocycles. The van der Waals surface area contributed by atoms with E-state index in [0.29, 0.717) is 12.6 Å². The second-order valence-electron chi connectivity index (χ2n) is 9.73. The Morgan fingerprint density at radius 1 is 1.16 bits per heavy atom. The molecule has 2 atom stereocenters. The van der Waals surface area contributed by atoms with Gasteiger partial charge in [-0.3, -0.25) is 19.1 Å². The molecule has 2 aliphatic heterocycles. The quantitative estimate of drug-likeness (QED) is 0.708. The minimum absolute atomic E-state index is 0.0711. The van der Waals surface area contributed by atoms with Crippen LogP contribution < -0.4 is 5.56 Å². The maximum absolute atomic E-state index is 13.6. The molecule has 7 heteroatoms. The number of amides is 1. The first kappa shape index (κ1) is 22.5. The van der Waals surface area contributed by atoms with E-state index >= 15 is 0 Å². The topological polar surface area (TPSA) is 58.4 Å². The maximum Gasteiger partial charge on any atom is 0.262 e. The van der Waals surface area contributed by atoms with Crippen LogP contribution in [0.5, 0.6) is 0 Å². The predicted octanol–water partition coefficient (Wildman–Crippen LogP) is 4.24. The Morgan fingerprint density at radius 3 is 2.65 bits per heavy atom. The van der Waals surface area contributed by atoms with Crippen molar-refractivity contribution in [2.75, 3.05) is 26.2 Å². The maximum atomic E-state index is 13.6. The number of hydrogen-bond donors (Lipinski definition) is 0. The second kappa shape index (κ2) is 9.02. The summed E-state index contributed by atoms with van der Waals surface area (Å²) in [5, 5.41) is 0.780. The number of aromatic nitrogens is 2. The lowest BCUT2D eigenvalue weighted by Crippen LogP contribution is -2.49. The van der Waals surface area contributed by atoms with Crippen molar-refractivity contribution in [2.45, 2.75) is 84.7 Å². The zero-order valence-electron chi connectivity index (χ0n) is 19.6. The van der Waals surface area contributed by atoms with Gasteiger partial charge in [0, 0.05) is 29.9 Å². The monoisotopic (exact) mass is 444 g/mol. The minimum atomic E-state index is 0.0711. The summed E-state index contributed by atoms with van der Waals surface area (Å²) < 4.78 is 1.96. The Balaban J connectivity index is 1.61. The third-order valence-corrected chi connectivity index (χ3v) is 8.21. The summed E-state index contributed by atoms with van der Waals surface area (Å²) in [5.74, 6) is 1.29. The summed E-state index contributed by atoms with van der Waals surface area (Å²) in [7, 11) is 0. The summed E-state index contributed by atoms with van der Waals surface area (Å²) >= 11 is 1.62. The fraction of sp³-hybridized carbons (Fsp3) is 0.708. The Hall–Kier alpha value is -1.73. The average Bonchev–Trinajstić information content (AvgIpc) is 3.02. The molecule has 170 valence electrons. The van der Waals surface area contributed by atoms with E-state index in [4.69, 9.17) is 4.98 Å². The number of fused-ring (bicyclic) bond motifs is 1. The lowest BCUT2D eigenvalue weighted by Gasteiger charge is -2.38. The van der Waals surface area contributed by atoms with E-state index in [0.717, 1.165) is 66.9 Å². The fourth-order valence-corrected chi connectivity index (χ4v) is 6.25. The van der Waals surface area contributed by atoms with Gasteiger partial charge < -0.3 is 4.90 Å². The number of nitrogens with zero attached hydrogens (tertiary/aromatic N) is 4. The van der Waals surface area contributed by atoms with Crippen molar-refractivity contribution in [3.05, 3.63) is 26.6 Å². The number of aryl methyl sites for hydroxylation is 2. The molecule has 31 heavy (non-hydrogen) atoms. The van der Waals surface area contributed by atoms with E-state index in [1.807, 2.05) is 11.5 Å². The van der Waals surface area contributed by atoms with Gasteiger partial charge in [-0.25, -0.2) is 4.98 Å². The third-order valence-electron chi connectivity index (χ3n) is 7.11. The molecule has 2 aromatic heterocycles. The smallest absolute Gasteiger partial charge is 0.262 e. The number of carbonyl (C=O) groups is 1. The highest BCUT2D eigenvalue weighted by Crippen LogP contribution is 2.30. The lowest BCUT2D eigenvalue weighted by atomic mass is 10.0. The van der Waals surface area contributed by atoms with Crippen LogP contribution in [0.1, 0.15) is 81.1 Å². The molecule has 0 bridgehead atoms. The number of hydrogen-bond acceptors (Lipinski definition) is 5. The number of likely N-dealkylation sites (tertiary alicyclic amines) is 2. The zero-order valence-corrected chi connectivity index (χ0v) is 20.4. The third kappa shape index (κ3) is 4.31. The summed E-state index contributed by atoms with van der Waals surface area (Å²) in [4.78, 5) is 37.9. The normalized spacial score (nSPS) is 23.1. The van der Waals surface area contributed by atoms with Gasteiger partial charge in [0.15, 0.2) is 0 Å². The van der Waals surface area contributed by atoms with Crippen molar-refractivity contribution in [1.82, 2.24) is 19.4 Å². The van der Waals surface area contributed by atoms with E-state index in [1.165, 1.54) is 11.3 Å².